The average molecular weight is 131 g/mol. The van der Waals surface area contributed by atoms with Gasteiger partial charge in [0, 0.05) is 0 Å². The molecule has 39 valence electrons. The van der Waals surface area contributed by atoms with Crippen molar-refractivity contribution in [3.63, 3.8) is 0 Å². The molecule has 0 N–H and O–H groups in total. The van der Waals surface area contributed by atoms with Crippen LogP contribution in [0, 0.1) is 0 Å². The van der Waals surface area contributed by atoms with Crippen LogP contribution in [0.25, 0.3) is 0 Å². The minimum atomic E-state index is -0.315. The van der Waals surface area contributed by atoms with E-state index in [2.05, 4.69) is 25.5 Å². The summed E-state index contributed by atoms with van der Waals surface area (Å²) >= 11 is 3.43. The van der Waals surface area contributed by atoms with Gasteiger partial charge in [-0.25, -0.2) is 0 Å². The Kier molecular flexibility index (Phi) is 3.89. The van der Waals surface area contributed by atoms with Crippen LogP contribution >= 0.6 is 0 Å². The average Bonchev–Trinajstić information content (AvgIpc) is 1.65. The van der Waals surface area contributed by atoms with Gasteiger partial charge in [0.2, 0.25) is 0 Å². The summed E-state index contributed by atoms with van der Waals surface area (Å²) in [5.41, 5.74) is 0. The van der Waals surface area contributed by atoms with Crippen LogP contribution in [-0.2, 0) is 25.5 Å². The van der Waals surface area contributed by atoms with Crippen molar-refractivity contribution in [1.29, 1.82) is 0 Å². The first kappa shape index (κ1) is 6.44. The van der Waals surface area contributed by atoms with Gasteiger partial charge in [-0.05, 0) is 0 Å². The van der Waals surface area contributed by atoms with Gasteiger partial charge in [0.1, 0.15) is 0 Å². The summed E-state index contributed by atoms with van der Waals surface area (Å²) < 4.78 is 9.13. The van der Waals surface area contributed by atoms with Gasteiger partial charge in [-0.2, -0.15) is 0 Å². The van der Waals surface area contributed by atoms with Crippen molar-refractivity contribution in [3.05, 3.63) is 0 Å². The summed E-state index contributed by atoms with van der Waals surface area (Å²) in [5.74, 6) is 0. The Hall–Kier alpha value is 0.439. The Morgan fingerprint density at radius 2 is 1.67 bits per heavy atom. The third-order valence-electron chi connectivity index (χ3n) is 0.359. The van der Waals surface area contributed by atoms with E-state index in [-0.39, 0.29) is 5.19 Å². The van der Waals surface area contributed by atoms with Crippen LogP contribution in [0.3, 0.4) is 0 Å². The molecule has 6 heavy (non-hydrogen) atoms. The van der Waals surface area contributed by atoms with Crippen molar-refractivity contribution in [2.45, 2.75) is 5.19 Å². The molecule has 3 heteroatoms. The number of hydrogen-bond donors (Lipinski definition) is 0. The molecule has 2 nitrogen and oxygen atoms in total. The van der Waals surface area contributed by atoms with E-state index in [9.17, 15) is 0 Å². The Morgan fingerprint density at radius 3 is 1.67 bits per heavy atom. The van der Waals surface area contributed by atoms with Crippen LogP contribution in [-0.4, -0.2) is 19.4 Å². The van der Waals surface area contributed by atoms with Crippen molar-refractivity contribution in [2.75, 3.05) is 14.2 Å². The second kappa shape index (κ2) is 3.62. The summed E-state index contributed by atoms with van der Waals surface area (Å²) in [4.78, 5) is 0. The van der Waals surface area contributed by atoms with Crippen molar-refractivity contribution >= 4 is 0 Å². The zero-order chi connectivity index (χ0) is 4.99. The Labute approximate surface area is 45.6 Å². The van der Waals surface area contributed by atoms with Gasteiger partial charge >= 0.3 is 44.9 Å². The fourth-order valence-corrected chi connectivity index (χ4v) is 0.0962. The maximum absolute atomic E-state index is 4.57. The number of hydrogen-bond acceptors (Lipinski definition) is 2. The molecule has 0 rings (SSSR count). The van der Waals surface area contributed by atoms with Gasteiger partial charge in [-0.3, -0.25) is 0 Å². The van der Waals surface area contributed by atoms with Crippen molar-refractivity contribution < 1.29 is 25.5 Å². The molecule has 0 bridgehead atoms. The second-order valence-corrected chi connectivity index (χ2v) is 1.25. The first-order valence-electron chi connectivity index (χ1n) is 1.49. The molecule has 0 atom stereocenters. The van der Waals surface area contributed by atoms with E-state index in [1.807, 2.05) is 0 Å². The monoisotopic (exact) mass is 131 g/mol. The van der Waals surface area contributed by atoms with Gasteiger partial charge < -0.3 is 0 Å². The second-order valence-electron chi connectivity index (χ2n) is 0.734. The quantitative estimate of drug-likeness (QED) is 0.391. The Balaban J connectivity index is 2.75. The van der Waals surface area contributed by atoms with E-state index in [1.165, 1.54) is 0 Å². The van der Waals surface area contributed by atoms with E-state index in [1.54, 1.807) is 14.2 Å². The Bertz CT molecular complexity index is 28.0. The minimum absolute atomic E-state index is 0.315. The molecule has 0 unspecified atom stereocenters. The molecule has 0 aromatic rings. The third kappa shape index (κ3) is 2.66. The third-order valence-corrected chi connectivity index (χ3v) is 0.880. The molecule has 0 amide bonds. The van der Waals surface area contributed by atoms with Crippen molar-refractivity contribution in [3.8, 4) is 0 Å². The van der Waals surface area contributed by atoms with Gasteiger partial charge in [-0.15, -0.1) is 0 Å². The summed E-state index contributed by atoms with van der Waals surface area (Å²) in [6.07, 6.45) is 0. The Morgan fingerprint density at radius 1 is 1.33 bits per heavy atom. The molecule has 0 aliphatic carbocycles. The molecule has 0 aromatic heterocycles. The maximum atomic E-state index is 4.57. The summed E-state index contributed by atoms with van der Waals surface area (Å²) in [6, 6.07) is 0. The summed E-state index contributed by atoms with van der Waals surface area (Å²) in [5, 5.41) is -0.315. The predicted octanol–water partition coefficient (Wildman–Crippen LogP) is 0.110. The molecular formula is C3H7FeO2. The van der Waals surface area contributed by atoms with Crippen molar-refractivity contribution in [2.24, 2.45) is 0 Å². The molecule has 0 saturated carbocycles. The first-order chi connectivity index (χ1) is 2.81. The molecule has 0 spiro atoms. The van der Waals surface area contributed by atoms with Crippen LogP contribution in [0.4, 0.5) is 0 Å². The molecular weight excluding hydrogens is 124 g/mol. The molecule has 0 aliphatic heterocycles. The molecule has 0 aliphatic rings. The fraction of sp³-hybridized carbons (Fsp3) is 1.00. The molecule has 0 fully saturated rings. The molecule has 0 heterocycles. The summed E-state index contributed by atoms with van der Waals surface area (Å²) in [6.45, 7) is 0. The van der Waals surface area contributed by atoms with Crippen LogP contribution in [0.15, 0.2) is 0 Å². The standard InChI is InChI=1S/C3H7O2.Fe/c1-4-3-5-2;/h3H,1-2H3;. The van der Waals surface area contributed by atoms with Gasteiger partial charge in [0.05, 0.1) is 0 Å². The zero-order valence-corrected chi connectivity index (χ0v) is 4.85. The number of methoxy groups -OCH3 is 2. The fourth-order valence-electron chi connectivity index (χ4n) is 0.0962. The van der Waals surface area contributed by atoms with E-state index in [0.29, 0.717) is 0 Å². The van der Waals surface area contributed by atoms with E-state index < -0.39 is 0 Å². The SMILES string of the molecule is CO[CH]([Fe])OC. The van der Waals surface area contributed by atoms with Crippen LogP contribution in [0.1, 0.15) is 0 Å². The van der Waals surface area contributed by atoms with Crippen molar-refractivity contribution in [1.82, 2.24) is 0 Å². The number of ether oxygens (including phenoxy) is 2. The molecule has 0 radical (unpaired) electrons. The normalized spacial score (nSPS) is 10.0. The summed E-state index contributed by atoms with van der Waals surface area (Å²) in [7, 11) is 3.09. The van der Waals surface area contributed by atoms with E-state index in [4.69, 9.17) is 0 Å². The first-order valence-corrected chi connectivity index (χ1v) is 2.13. The number of rotatable bonds is 2. The van der Waals surface area contributed by atoms with E-state index >= 15 is 0 Å². The van der Waals surface area contributed by atoms with Crippen LogP contribution in [0.2, 0.25) is 0 Å². The molecule has 0 aromatic carbocycles. The predicted molar refractivity (Wildman–Crippen MR) is 17.8 cm³/mol. The van der Waals surface area contributed by atoms with Gasteiger partial charge in [0.25, 0.3) is 0 Å². The van der Waals surface area contributed by atoms with E-state index in [0.717, 1.165) is 0 Å². The topological polar surface area (TPSA) is 18.5 Å². The molecule has 0 saturated heterocycles. The zero-order valence-electron chi connectivity index (χ0n) is 3.75. The van der Waals surface area contributed by atoms with Gasteiger partial charge in [-0.1, -0.05) is 0 Å². The van der Waals surface area contributed by atoms with Gasteiger partial charge in [0.15, 0.2) is 0 Å². The van der Waals surface area contributed by atoms with Crippen LogP contribution in [0.5, 0.6) is 0 Å². The van der Waals surface area contributed by atoms with Crippen LogP contribution < -0.4 is 0 Å².